The van der Waals surface area contributed by atoms with Gasteiger partial charge in [-0.15, -0.1) is 0 Å². The van der Waals surface area contributed by atoms with Gasteiger partial charge in [0.2, 0.25) is 0 Å². The van der Waals surface area contributed by atoms with Crippen LogP contribution in [0.5, 0.6) is 0 Å². The van der Waals surface area contributed by atoms with Crippen LogP contribution < -0.4 is 0 Å². The Morgan fingerprint density at radius 2 is 1.77 bits per heavy atom. The normalized spacial score (nSPS) is 11.3. The molecular weight excluding hydrogens is 282 g/mol. The fourth-order valence-electron chi connectivity index (χ4n) is 1.94. The summed E-state index contributed by atoms with van der Waals surface area (Å²) in [5.74, 6) is -0.726. The fourth-order valence-corrected chi connectivity index (χ4v) is 1.94. The van der Waals surface area contributed by atoms with E-state index in [1.807, 2.05) is 18.2 Å². The summed E-state index contributed by atoms with van der Waals surface area (Å²) in [5, 5.41) is 19.0. The van der Waals surface area contributed by atoms with Gasteiger partial charge in [0.05, 0.1) is 4.92 Å². The number of hydrogen-bond acceptors (Lipinski definition) is 3. The molecule has 0 radical (unpaired) electrons. The Morgan fingerprint density at radius 1 is 1.09 bits per heavy atom. The highest BCUT2D eigenvalue weighted by Gasteiger charge is 2.01. The van der Waals surface area contributed by atoms with Crippen LogP contribution in [0.15, 0.2) is 42.5 Å². The molecule has 0 aliphatic heterocycles. The molecular formula is C17H21NO4. The number of rotatable bonds is 10. The van der Waals surface area contributed by atoms with Gasteiger partial charge in [0.1, 0.15) is 0 Å². The average Bonchev–Trinajstić information content (AvgIpc) is 2.49. The second kappa shape index (κ2) is 10.3. The summed E-state index contributed by atoms with van der Waals surface area (Å²) in [5.41, 5.74) is 1.01. The van der Waals surface area contributed by atoms with Gasteiger partial charge in [0, 0.05) is 18.6 Å². The lowest BCUT2D eigenvalue weighted by Gasteiger charge is -1.96. The molecule has 0 atom stereocenters. The summed E-state index contributed by atoms with van der Waals surface area (Å²) in [6.45, 7) is 0. The highest BCUT2D eigenvalue weighted by Crippen LogP contribution is 2.13. The number of aliphatic carboxylic acids is 1. The van der Waals surface area contributed by atoms with Crippen molar-refractivity contribution < 1.29 is 14.8 Å². The Balaban J connectivity index is 2.17. The molecule has 0 aliphatic carbocycles. The van der Waals surface area contributed by atoms with Crippen LogP contribution in [-0.4, -0.2) is 16.0 Å². The number of carboxylic acids is 1. The minimum atomic E-state index is -0.726. The Labute approximate surface area is 130 Å². The van der Waals surface area contributed by atoms with E-state index in [1.165, 1.54) is 12.1 Å². The predicted octanol–water partition coefficient (Wildman–Crippen LogP) is 4.59. The fraction of sp³-hybridized carbons (Fsp3) is 0.353. The zero-order valence-corrected chi connectivity index (χ0v) is 12.5. The first-order chi connectivity index (χ1) is 10.6. The van der Waals surface area contributed by atoms with Crippen LogP contribution in [0.25, 0.3) is 6.08 Å². The standard InChI is InChI=1S/C17H21NO4/c19-17(20)10-8-6-4-2-1-3-5-7-9-15-11-13-16(14-12-15)18(21)22/h3,5,7,9,11-14H,1-2,4,6,8,10H2,(H,19,20). The second-order valence-electron chi connectivity index (χ2n) is 4.98. The van der Waals surface area contributed by atoms with E-state index in [1.54, 1.807) is 12.1 Å². The molecule has 0 heterocycles. The maximum Gasteiger partial charge on any atom is 0.303 e. The maximum absolute atomic E-state index is 10.5. The van der Waals surface area contributed by atoms with Gasteiger partial charge in [0.15, 0.2) is 0 Å². The minimum absolute atomic E-state index is 0.0931. The Hall–Kier alpha value is -2.43. The predicted molar refractivity (Wildman–Crippen MR) is 86.6 cm³/mol. The van der Waals surface area contributed by atoms with Crippen molar-refractivity contribution in [3.05, 3.63) is 58.2 Å². The molecule has 1 N–H and O–H groups in total. The molecule has 5 nitrogen and oxygen atoms in total. The third-order valence-corrected chi connectivity index (χ3v) is 3.15. The lowest BCUT2D eigenvalue weighted by atomic mass is 10.1. The summed E-state index contributed by atoms with van der Waals surface area (Å²) in [6, 6.07) is 6.40. The molecule has 1 rings (SSSR count). The Bertz CT molecular complexity index is 532. The first kappa shape index (κ1) is 17.6. The van der Waals surface area contributed by atoms with Gasteiger partial charge in [0.25, 0.3) is 5.69 Å². The van der Waals surface area contributed by atoms with Gasteiger partial charge < -0.3 is 5.11 Å². The smallest absolute Gasteiger partial charge is 0.303 e. The van der Waals surface area contributed by atoms with Crippen LogP contribution in [0.3, 0.4) is 0 Å². The van der Waals surface area contributed by atoms with Gasteiger partial charge in [-0.25, -0.2) is 0 Å². The first-order valence-electron chi connectivity index (χ1n) is 7.39. The summed E-state index contributed by atoms with van der Waals surface area (Å²) < 4.78 is 0. The summed E-state index contributed by atoms with van der Waals surface area (Å²) in [6.07, 6.45) is 12.9. The number of benzene rings is 1. The van der Waals surface area contributed by atoms with Crippen molar-refractivity contribution in [1.82, 2.24) is 0 Å². The number of nitro benzene ring substituents is 1. The largest absolute Gasteiger partial charge is 0.481 e. The number of nitrogens with zero attached hydrogens (tertiary/aromatic N) is 1. The van der Waals surface area contributed by atoms with Gasteiger partial charge in [-0.2, -0.15) is 0 Å². The number of carbonyl (C=O) groups is 1. The molecule has 0 saturated carbocycles. The number of nitro groups is 1. The second-order valence-corrected chi connectivity index (χ2v) is 4.98. The molecule has 0 fully saturated rings. The topological polar surface area (TPSA) is 80.4 Å². The van der Waals surface area contributed by atoms with E-state index in [0.29, 0.717) is 0 Å². The van der Waals surface area contributed by atoms with Gasteiger partial charge in [-0.05, 0) is 37.0 Å². The molecule has 0 saturated heterocycles. The van der Waals surface area contributed by atoms with Crippen LogP contribution in [-0.2, 0) is 4.79 Å². The van der Waals surface area contributed by atoms with Gasteiger partial charge in [-0.3, -0.25) is 14.9 Å². The molecule has 0 aliphatic rings. The molecule has 0 spiro atoms. The molecule has 1 aromatic carbocycles. The van der Waals surface area contributed by atoms with Crippen molar-refractivity contribution in [2.75, 3.05) is 0 Å². The monoisotopic (exact) mass is 303 g/mol. The third-order valence-electron chi connectivity index (χ3n) is 3.15. The van der Waals surface area contributed by atoms with E-state index < -0.39 is 10.9 Å². The highest BCUT2D eigenvalue weighted by molar-refractivity contribution is 5.66. The molecule has 5 heteroatoms. The molecule has 118 valence electrons. The van der Waals surface area contributed by atoms with E-state index in [2.05, 4.69) is 6.08 Å². The summed E-state index contributed by atoms with van der Waals surface area (Å²) in [4.78, 5) is 20.4. The number of non-ortho nitro benzene ring substituents is 1. The van der Waals surface area contributed by atoms with E-state index in [0.717, 1.165) is 37.7 Å². The van der Waals surface area contributed by atoms with Crippen molar-refractivity contribution in [3.8, 4) is 0 Å². The van der Waals surface area contributed by atoms with Crippen molar-refractivity contribution >= 4 is 17.7 Å². The average molecular weight is 303 g/mol. The molecule has 0 amide bonds. The lowest BCUT2D eigenvalue weighted by Crippen LogP contribution is -1.93. The SMILES string of the molecule is O=C(O)CCCCCCC=CC=Cc1ccc([N+](=O)[O-])cc1. The zero-order valence-electron chi connectivity index (χ0n) is 12.5. The zero-order chi connectivity index (χ0) is 16.2. The number of hydrogen-bond donors (Lipinski definition) is 1. The number of allylic oxidation sites excluding steroid dienone is 3. The first-order valence-corrected chi connectivity index (χ1v) is 7.39. The van der Waals surface area contributed by atoms with E-state index in [-0.39, 0.29) is 12.1 Å². The van der Waals surface area contributed by atoms with E-state index >= 15 is 0 Å². The van der Waals surface area contributed by atoms with Crippen LogP contribution in [0.2, 0.25) is 0 Å². The van der Waals surface area contributed by atoms with Crippen molar-refractivity contribution in [1.29, 1.82) is 0 Å². The van der Waals surface area contributed by atoms with Crippen molar-refractivity contribution in [3.63, 3.8) is 0 Å². The molecule has 0 bridgehead atoms. The number of unbranched alkanes of at least 4 members (excludes halogenated alkanes) is 4. The molecule has 0 aromatic heterocycles. The lowest BCUT2D eigenvalue weighted by molar-refractivity contribution is -0.384. The quantitative estimate of drug-likeness (QED) is 0.297. The molecule has 0 unspecified atom stereocenters. The van der Waals surface area contributed by atoms with Gasteiger partial charge >= 0.3 is 5.97 Å². The van der Waals surface area contributed by atoms with Crippen molar-refractivity contribution in [2.45, 2.75) is 38.5 Å². The number of carboxylic acid groups (broad SMARTS) is 1. The minimum Gasteiger partial charge on any atom is -0.481 e. The molecule has 1 aromatic rings. The van der Waals surface area contributed by atoms with Crippen LogP contribution in [0.1, 0.15) is 44.1 Å². The van der Waals surface area contributed by atoms with Gasteiger partial charge in [-0.1, -0.05) is 37.1 Å². The van der Waals surface area contributed by atoms with Crippen LogP contribution in [0, 0.1) is 10.1 Å². The van der Waals surface area contributed by atoms with Crippen molar-refractivity contribution in [2.24, 2.45) is 0 Å². The molecule has 22 heavy (non-hydrogen) atoms. The van der Waals surface area contributed by atoms with E-state index in [9.17, 15) is 14.9 Å². The Kier molecular flexibility index (Phi) is 8.27. The third kappa shape index (κ3) is 7.99. The van der Waals surface area contributed by atoms with Crippen LogP contribution in [0.4, 0.5) is 5.69 Å². The van der Waals surface area contributed by atoms with E-state index in [4.69, 9.17) is 5.11 Å². The van der Waals surface area contributed by atoms with Crippen LogP contribution >= 0.6 is 0 Å². The summed E-state index contributed by atoms with van der Waals surface area (Å²) >= 11 is 0. The summed E-state index contributed by atoms with van der Waals surface area (Å²) in [7, 11) is 0. The Morgan fingerprint density at radius 3 is 2.41 bits per heavy atom. The maximum atomic E-state index is 10.5. The highest BCUT2D eigenvalue weighted by atomic mass is 16.6.